The van der Waals surface area contributed by atoms with Crippen LogP contribution in [0, 0.1) is 5.92 Å². The lowest BCUT2D eigenvalue weighted by Crippen LogP contribution is -2.44. The number of likely N-dealkylation sites (tertiary alicyclic amines) is 1. The lowest BCUT2D eigenvalue weighted by molar-refractivity contribution is -0.137. The third-order valence-corrected chi connectivity index (χ3v) is 7.03. The maximum atomic E-state index is 13.6. The Labute approximate surface area is 181 Å². The number of thiophene rings is 1. The number of amides is 2. The van der Waals surface area contributed by atoms with Gasteiger partial charge in [0.05, 0.1) is 26.2 Å². The van der Waals surface area contributed by atoms with Crippen LogP contribution in [-0.4, -0.2) is 55.0 Å². The molecule has 4 rings (SSSR count). The number of methoxy groups -OCH3 is 2. The van der Waals surface area contributed by atoms with Crippen molar-refractivity contribution in [2.75, 3.05) is 27.3 Å². The minimum atomic E-state index is -0.288. The van der Waals surface area contributed by atoms with Crippen molar-refractivity contribution in [2.45, 2.75) is 38.8 Å². The van der Waals surface area contributed by atoms with Gasteiger partial charge in [0.2, 0.25) is 11.8 Å². The zero-order chi connectivity index (χ0) is 21.4. The van der Waals surface area contributed by atoms with Gasteiger partial charge in [-0.25, -0.2) is 0 Å². The van der Waals surface area contributed by atoms with Crippen LogP contribution in [0.3, 0.4) is 0 Å². The largest absolute Gasteiger partial charge is 0.493 e. The SMILES string of the molecule is COc1cc2c(cc1OC)C(c1cccs1)N(C(=O)C1CC(=O)N(C(C)C)C1)CC2. The first-order valence-electron chi connectivity index (χ1n) is 10.3. The highest BCUT2D eigenvalue weighted by atomic mass is 32.1. The Morgan fingerprint density at radius 2 is 1.93 bits per heavy atom. The van der Waals surface area contributed by atoms with Gasteiger partial charge in [0.15, 0.2) is 11.5 Å². The highest BCUT2D eigenvalue weighted by Gasteiger charge is 2.41. The van der Waals surface area contributed by atoms with Crippen molar-refractivity contribution in [1.82, 2.24) is 9.80 Å². The summed E-state index contributed by atoms with van der Waals surface area (Å²) in [5.74, 6) is 1.21. The zero-order valence-electron chi connectivity index (χ0n) is 17.9. The van der Waals surface area contributed by atoms with Gasteiger partial charge in [0.25, 0.3) is 0 Å². The van der Waals surface area contributed by atoms with E-state index in [1.165, 1.54) is 5.56 Å². The molecular weight excluding hydrogens is 400 g/mol. The highest BCUT2D eigenvalue weighted by Crippen LogP contribution is 2.43. The van der Waals surface area contributed by atoms with Gasteiger partial charge >= 0.3 is 0 Å². The van der Waals surface area contributed by atoms with E-state index in [9.17, 15) is 9.59 Å². The molecule has 2 amide bonds. The van der Waals surface area contributed by atoms with E-state index >= 15 is 0 Å². The summed E-state index contributed by atoms with van der Waals surface area (Å²) in [5.41, 5.74) is 2.24. The van der Waals surface area contributed by atoms with Gasteiger partial charge in [-0.05, 0) is 55.0 Å². The van der Waals surface area contributed by atoms with E-state index < -0.39 is 0 Å². The molecule has 6 nitrogen and oxygen atoms in total. The molecule has 2 aliphatic rings. The second kappa shape index (κ2) is 8.30. The minimum absolute atomic E-state index is 0.0605. The van der Waals surface area contributed by atoms with Crippen LogP contribution in [0.2, 0.25) is 0 Å². The standard InChI is InChI=1S/C23H28N2O4S/c1-14(2)25-13-16(11-21(25)26)23(27)24-8-7-15-10-18(28-3)19(29-4)12-17(15)22(24)20-6-5-9-30-20/h5-6,9-10,12,14,16,22H,7-8,11,13H2,1-4H3. The molecule has 2 aromatic rings. The maximum absolute atomic E-state index is 13.6. The number of rotatable bonds is 5. The van der Waals surface area contributed by atoms with Crippen LogP contribution < -0.4 is 9.47 Å². The summed E-state index contributed by atoms with van der Waals surface area (Å²) >= 11 is 1.64. The van der Waals surface area contributed by atoms with Crippen LogP contribution >= 0.6 is 11.3 Å². The lowest BCUT2D eigenvalue weighted by atomic mass is 9.89. The van der Waals surface area contributed by atoms with Crippen LogP contribution in [0.25, 0.3) is 0 Å². The van der Waals surface area contributed by atoms with E-state index in [0.717, 1.165) is 16.9 Å². The van der Waals surface area contributed by atoms with Crippen LogP contribution in [-0.2, 0) is 16.0 Å². The fourth-order valence-electron chi connectivity index (χ4n) is 4.57. The highest BCUT2D eigenvalue weighted by molar-refractivity contribution is 7.10. The maximum Gasteiger partial charge on any atom is 0.228 e. The van der Waals surface area contributed by atoms with Crippen molar-refractivity contribution in [1.29, 1.82) is 0 Å². The number of benzene rings is 1. The topological polar surface area (TPSA) is 59.1 Å². The zero-order valence-corrected chi connectivity index (χ0v) is 18.7. The summed E-state index contributed by atoms with van der Waals surface area (Å²) in [4.78, 5) is 30.9. The molecule has 2 unspecified atom stereocenters. The molecule has 2 aliphatic heterocycles. The fraction of sp³-hybridized carbons (Fsp3) is 0.478. The molecule has 0 aliphatic carbocycles. The van der Waals surface area contributed by atoms with Crippen molar-refractivity contribution in [3.05, 3.63) is 45.6 Å². The Morgan fingerprint density at radius 3 is 2.53 bits per heavy atom. The molecule has 1 aromatic heterocycles. The Bertz CT molecular complexity index is 941. The Kier molecular flexibility index (Phi) is 5.73. The Hall–Kier alpha value is -2.54. The van der Waals surface area contributed by atoms with Crippen LogP contribution in [0.15, 0.2) is 29.6 Å². The predicted molar refractivity (Wildman–Crippen MR) is 116 cm³/mol. The lowest BCUT2D eigenvalue weighted by Gasteiger charge is -2.38. The second-order valence-electron chi connectivity index (χ2n) is 8.15. The summed E-state index contributed by atoms with van der Waals surface area (Å²) in [7, 11) is 3.26. The third-order valence-electron chi connectivity index (χ3n) is 6.10. The first-order valence-corrected chi connectivity index (χ1v) is 11.2. The van der Waals surface area contributed by atoms with E-state index in [1.54, 1.807) is 25.6 Å². The third kappa shape index (κ3) is 3.55. The van der Waals surface area contributed by atoms with Gasteiger partial charge in [-0.3, -0.25) is 9.59 Å². The van der Waals surface area contributed by atoms with Gasteiger partial charge < -0.3 is 19.3 Å². The minimum Gasteiger partial charge on any atom is -0.493 e. The van der Waals surface area contributed by atoms with Crippen molar-refractivity contribution >= 4 is 23.2 Å². The summed E-state index contributed by atoms with van der Waals surface area (Å²) in [6.07, 6.45) is 1.04. The van der Waals surface area contributed by atoms with Gasteiger partial charge in [-0.1, -0.05) is 6.07 Å². The molecule has 0 bridgehead atoms. The molecule has 1 saturated heterocycles. The Morgan fingerprint density at radius 1 is 1.20 bits per heavy atom. The molecule has 7 heteroatoms. The summed E-state index contributed by atoms with van der Waals surface area (Å²) in [5, 5.41) is 2.03. The van der Waals surface area contributed by atoms with E-state index in [0.29, 0.717) is 31.0 Å². The molecule has 0 spiro atoms. The first-order chi connectivity index (χ1) is 14.4. The molecule has 2 atom stereocenters. The predicted octanol–water partition coefficient (Wildman–Crippen LogP) is 3.50. The molecule has 3 heterocycles. The number of hydrogen-bond donors (Lipinski definition) is 0. The van der Waals surface area contributed by atoms with Gasteiger partial charge in [0, 0.05) is 30.4 Å². The average Bonchev–Trinajstić information content (AvgIpc) is 3.41. The molecule has 1 fully saturated rings. The molecule has 0 radical (unpaired) electrons. The number of ether oxygens (including phenoxy) is 2. The molecule has 30 heavy (non-hydrogen) atoms. The average molecular weight is 429 g/mol. The monoisotopic (exact) mass is 428 g/mol. The van der Waals surface area contributed by atoms with Crippen molar-refractivity contribution in [3.63, 3.8) is 0 Å². The fourth-order valence-corrected chi connectivity index (χ4v) is 5.42. The molecule has 0 saturated carbocycles. The number of hydrogen-bond acceptors (Lipinski definition) is 5. The quantitative estimate of drug-likeness (QED) is 0.731. The van der Waals surface area contributed by atoms with Crippen molar-refractivity contribution < 1.29 is 19.1 Å². The molecule has 0 N–H and O–H groups in total. The van der Waals surface area contributed by atoms with Crippen molar-refractivity contribution in [3.8, 4) is 11.5 Å². The van der Waals surface area contributed by atoms with Crippen molar-refractivity contribution in [2.24, 2.45) is 5.92 Å². The summed E-state index contributed by atoms with van der Waals surface area (Å²) in [6, 6.07) is 8.04. The normalized spacial score (nSPS) is 21.2. The van der Waals surface area contributed by atoms with Crippen LogP contribution in [0.4, 0.5) is 0 Å². The molecular formula is C23H28N2O4S. The van der Waals surface area contributed by atoms with Crippen LogP contribution in [0.1, 0.15) is 42.3 Å². The first kappa shape index (κ1) is 20.7. The number of carbonyl (C=O) groups is 2. The van der Waals surface area contributed by atoms with E-state index in [4.69, 9.17) is 9.47 Å². The number of fused-ring (bicyclic) bond motifs is 1. The van der Waals surface area contributed by atoms with E-state index in [-0.39, 0.29) is 29.8 Å². The van der Waals surface area contributed by atoms with E-state index in [2.05, 4.69) is 6.07 Å². The molecule has 160 valence electrons. The smallest absolute Gasteiger partial charge is 0.228 e. The summed E-state index contributed by atoms with van der Waals surface area (Å²) < 4.78 is 11.0. The van der Waals surface area contributed by atoms with Gasteiger partial charge in [0.1, 0.15) is 0 Å². The van der Waals surface area contributed by atoms with Crippen LogP contribution in [0.5, 0.6) is 11.5 Å². The number of nitrogens with zero attached hydrogens (tertiary/aromatic N) is 2. The van der Waals surface area contributed by atoms with E-state index in [1.807, 2.05) is 47.2 Å². The second-order valence-corrected chi connectivity index (χ2v) is 9.13. The Balaban J connectivity index is 1.71. The number of carbonyl (C=O) groups excluding carboxylic acids is 2. The van der Waals surface area contributed by atoms with Gasteiger partial charge in [-0.15, -0.1) is 11.3 Å². The molecule has 1 aromatic carbocycles. The van der Waals surface area contributed by atoms with Gasteiger partial charge in [-0.2, -0.15) is 0 Å². The summed E-state index contributed by atoms with van der Waals surface area (Å²) in [6.45, 7) is 5.12.